The van der Waals surface area contributed by atoms with Crippen molar-refractivity contribution in [3.63, 3.8) is 0 Å². The smallest absolute Gasteiger partial charge is 0.220 e. The van der Waals surface area contributed by atoms with Gasteiger partial charge in [-0.3, -0.25) is 4.79 Å². The zero-order valence-corrected chi connectivity index (χ0v) is 16.3. The van der Waals surface area contributed by atoms with Gasteiger partial charge in [-0.2, -0.15) is 0 Å². The molecule has 0 aromatic heterocycles. The van der Waals surface area contributed by atoms with E-state index in [1.54, 1.807) is 0 Å². The summed E-state index contributed by atoms with van der Waals surface area (Å²) in [5.74, 6) is 3.47. The molecule has 0 aromatic carbocycles. The topological polar surface area (TPSA) is 29.1 Å². The summed E-state index contributed by atoms with van der Waals surface area (Å²) in [6, 6.07) is 0.415. The van der Waals surface area contributed by atoms with Crippen LogP contribution in [-0.2, 0) is 4.79 Å². The molecule has 1 N–H and O–H groups in total. The fourth-order valence-electron chi connectivity index (χ4n) is 6.93. The summed E-state index contributed by atoms with van der Waals surface area (Å²) >= 11 is 4.07. The number of carbonyl (C=O) groups excluding carboxylic acids is 1. The fourth-order valence-corrected chi connectivity index (χ4v) is 8.44. The fraction of sp³-hybridized carbons (Fsp3) is 0.950. The molecule has 23 heavy (non-hydrogen) atoms. The Hall–Kier alpha value is -0.0500. The third-order valence-corrected chi connectivity index (χ3v) is 8.63. The second-order valence-corrected chi connectivity index (χ2v) is 11.4. The van der Waals surface area contributed by atoms with E-state index >= 15 is 0 Å². The van der Waals surface area contributed by atoms with E-state index in [1.165, 1.54) is 57.8 Å². The van der Waals surface area contributed by atoms with E-state index in [4.69, 9.17) is 0 Å². The van der Waals surface area contributed by atoms with Crippen LogP contribution in [0.15, 0.2) is 0 Å². The van der Waals surface area contributed by atoms with Gasteiger partial charge in [0.2, 0.25) is 5.91 Å². The van der Waals surface area contributed by atoms with E-state index in [-0.39, 0.29) is 0 Å². The van der Waals surface area contributed by atoms with Crippen molar-refractivity contribution >= 4 is 21.8 Å². The molecule has 5 atom stereocenters. The molecule has 5 aliphatic carbocycles. The van der Waals surface area contributed by atoms with Crippen LogP contribution in [0, 0.1) is 29.1 Å². The number of halogens is 1. The molecule has 0 aromatic rings. The molecule has 2 nitrogen and oxygen atoms in total. The minimum Gasteiger partial charge on any atom is -0.353 e. The number of carbonyl (C=O) groups is 1. The minimum atomic E-state index is 0.307. The van der Waals surface area contributed by atoms with Gasteiger partial charge in [0.15, 0.2) is 0 Å². The van der Waals surface area contributed by atoms with Crippen LogP contribution in [0.4, 0.5) is 0 Å². The molecule has 3 heteroatoms. The molecule has 0 aliphatic heterocycles. The molecule has 5 fully saturated rings. The molecule has 130 valence electrons. The lowest BCUT2D eigenvalue weighted by Crippen LogP contribution is -2.54. The highest BCUT2D eigenvalue weighted by Gasteiger charge is 2.57. The lowest BCUT2D eigenvalue weighted by molar-refractivity contribution is -0.129. The molecule has 0 radical (unpaired) electrons. The zero-order valence-electron chi connectivity index (χ0n) is 14.7. The lowest BCUT2D eigenvalue weighted by Gasteiger charge is -2.60. The highest BCUT2D eigenvalue weighted by molar-refractivity contribution is 9.10. The summed E-state index contributed by atoms with van der Waals surface area (Å²) in [7, 11) is 0. The third-order valence-electron chi connectivity index (χ3n) is 7.70. The van der Waals surface area contributed by atoms with E-state index in [0.717, 1.165) is 24.2 Å². The Labute approximate surface area is 149 Å². The Morgan fingerprint density at radius 2 is 1.83 bits per heavy atom. The first-order valence-electron chi connectivity index (χ1n) is 9.85. The Kier molecular flexibility index (Phi) is 4.10. The summed E-state index contributed by atoms with van der Waals surface area (Å²) in [5, 5.41) is 3.43. The molecule has 4 bridgehead atoms. The highest BCUT2D eigenvalue weighted by Crippen LogP contribution is 2.65. The Morgan fingerprint density at radius 1 is 1.13 bits per heavy atom. The summed E-state index contributed by atoms with van der Waals surface area (Å²) in [6.45, 7) is 4.67. The largest absolute Gasteiger partial charge is 0.353 e. The van der Waals surface area contributed by atoms with Crippen LogP contribution in [0.3, 0.4) is 0 Å². The van der Waals surface area contributed by atoms with Crippen molar-refractivity contribution in [1.82, 2.24) is 5.32 Å². The molecule has 0 spiro atoms. The summed E-state index contributed by atoms with van der Waals surface area (Å²) < 4.78 is 0.365. The first-order chi connectivity index (χ1) is 10.9. The maximum atomic E-state index is 12.8. The van der Waals surface area contributed by atoms with E-state index in [1.807, 2.05) is 0 Å². The second kappa shape index (κ2) is 5.75. The van der Waals surface area contributed by atoms with Gasteiger partial charge in [0.1, 0.15) is 0 Å². The van der Waals surface area contributed by atoms with Crippen molar-refractivity contribution in [1.29, 1.82) is 0 Å². The molecule has 5 saturated carbocycles. The molecule has 0 unspecified atom stereocenters. The van der Waals surface area contributed by atoms with Crippen molar-refractivity contribution in [2.24, 2.45) is 29.1 Å². The number of nitrogens with one attached hydrogen (secondary N) is 1. The number of hydrogen-bond acceptors (Lipinski definition) is 1. The first kappa shape index (κ1) is 16.4. The molecule has 5 aliphatic rings. The molecule has 0 heterocycles. The van der Waals surface area contributed by atoms with E-state index < -0.39 is 0 Å². The van der Waals surface area contributed by atoms with Crippen LogP contribution in [0.5, 0.6) is 0 Å². The van der Waals surface area contributed by atoms with Crippen molar-refractivity contribution < 1.29 is 4.79 Å². The number of alkyl halides is 1. The lowest BCUT2D eigenvalue weighted by atomic mass is 9.48. The average Bonchev–Trinajstić information content (AvgIpc) is 2.40. The second-order valence-electron chi connectivity index (χ2n) is 9.73. The van der Waals surface area contributed by atoms with E-state index in [2.05, 4.69) is 35.1 Å². The van der Waals surface area contributed by atoms with E-state index in [0.29, 0.717) is 27.6 Å². The zero-order chi connectivity index (χ0) is 16.2. The molecule has 1 amide bonds. The average molecular weight is 382 g/mol. The Morgan fingerprint density at radius 3 is 2.48 bits per heavy atom. The van der Waals surface area contributed by atoms with Gasteiger partial charge < -0.3 is 5.32 Å². The first-order valence-corrected chi connectivity index (χ1v) is 10.6. The van der Waals surface area contributed by atoms with Gasteiger partial charge in [-0.15, -0.1) is 0 Å². The minimum absolute atomic E-state index is 0.307. The predicted octanol–water partition coefficient (Wildman–Crippen LogP) is 5.05. The van der Waals surface area contributed by atoms with Crippen molar-refractivity contribution in [2.75, 3.05) is 0 Å². The Bertz CT molecular complexity index is 476. The monoisotopic (exact) mass is 381 g/mol. The van der Waals surface area contributed by atoms with Crippen LogP contribution in [0.1, 0.15) is 78.1 Å². The molecular formula is C20H32BrNO. The predicted molar refractivity (Wildman–Crippen MR) is 97.5 cm³/mol. The van der Waals surface area contributed by atoms with Crippen LogP contribution in [0.25, 0.3) is 0 Å². The molecular weight excluding hydrogens is 350 g/mol. The van der Waals surface area contributed by atoms with Crippen LogP contribution >= 0.6 is 15.9 Å². The molecule has 0 saturated heterocycles. The maximum Gasteiger partial charge on any atom is 0.220 e. The Balaban J connectivity index is 1.41. The SMILES string of the molecule is C[C@@H]1[C@H](C)CCC[C@H]1NC(=O)CC12C[C@@H]3C[C@H](CC(Br)(C3)C1)C2. The van der Waals surface area contributed by atoms with Gasteiger partial charge in [-0.05, 0) is 74.0 Å². The quantitative estimate of drug-likeness (QED) is 0.680. The van der Waals surface area contributed by atoms with Crippen LogP contribution in [0.2, 0.25) is 0 Å². The number of rotatable bonds is 3. The summed E-state index contributed by atoms with van der Waals surface area (Å²) in [5.41, 5.74) is 0.307. The van der Waals surface area contributed by atoms with Crippen LogP contribution < -0.4 is 5.32 Å². The van der Waals surface area contributed by atoms with Gasteiger partial charge in [0.05, 0.1) is 0 Å². The summed E-state index contributed by atoms with van der Waals surface area (Å²) in [4.78, 5) is 12.8. The van der Waals surface area contributed by atoms with Gasteiger partial charge in [-0.25, -0.2) is 0 Å². The van der Waals surface area contributed by atoms with Gasteiger partial charge in [0, 0.05) is 16.8 Å². The molecule has 5 rings (SSSR count). The number of amides is 1. The standard InChI is InChI=1S/C20H32BrNO/c1-13-4-3-5-17(14(13)2)22-18(23)11-19-7-15-6-16(8-19)10-20(21,9-15)12-19/h13-17H,3-12H2,1-2H3,(H,22,23)/t13-,14-,15+,16+,17-,19?,20?/m1/s1. The maximum absolute atomic E-state index is 12.8. The van der Waals surface area contributed by atoms with Gasteiger partial charge >= 0.3 is 0 Å². The highest BCUT2D eigenvalue weighted by atomic mass is 79.9. The van der Waals surface area contributed by atoms with Crippen LogP contribution in [-0.4, -0.2) is 16.3 Å². The third kappa shape index (κ3) is 3.12. The van der Waals surface area contributed by atoms with Crippen molar-refractivity contribution in [2.45, 2.75) is 88.4 Å². The van der Waals surface area contributed by atoms with E-state index in [9.17, 15) is 4.79 Å². The van der Waals surface area contributed by atoms with Crippen molar-refractivity contribution in [3.05, 3.63) is 0 Å². The van der Waals surface area contributed by atoms with Gasteiger partial charge in [-0.1, -0.05) is 42.6 Å². The normalized spacial score (nSPS) is 51.7. The van der Waals surface area contributed by atoms with Gasteiger partial charge in [0.25, 0.3) is 0 Å². The summed E-state index contributed by atoms with van der Waals surface area (Å²) in [6.07, 6.45) is 12.5. The number of hydrogen-bond donors (Lipinski definition) is 1. The van der Waals surface area contributed by atoms with Crippen molar-refractivity contribution in [3.8, 4) is 0 Å².